The lowest BCUT2D eigenvalue weighted by Crippen LogP contribution is -2.59. The maximum atomic E-state index is 11.7. The van der Waals surface area contributed by atoms with Gasteiger partial charge in [0, 0.05) is 5.92 Å². The molecule has 1 aliphatic rings. The topological polar surface area (TPSA) is 87.7 Å². The van der Waals surface area contributed by atoms with E-state index in [2.05, 4.69) is 10.5 Å². The van der Waals surface area contributed by atoms with Gasteiger partial charge in [0.1, 0.15) is 5.54 Å². The largest absolute Gasteiger partial charge is 0.409 e. The highest BCUT2D eigenvalue weighted by atomic mass is 16.4. The van der Waals surface area contributed by atoms with Gasteiger partial charge >= 0.3 is 0 Å². The SMILES string of the molecule is CC(C)C(=O)NC1(C(N)=NO)CCCCC1. The number of nitrogens with one attached hydrogen (secondary N) is 1. The lowest BCUT2D eigenvalue weighted by molar-refractivity contribution is -0.125. The van der Waals surface area contributed by atoms with E-state index in [1.165, 1.54) is 0 Å². The quantitative estimate of drug-likeness (QED) is 0.293. The van der Waals surface area contributed by atoms with Crippen molar-refractivity contribution in [2.75, 3.05) is 0 Å². The van der Waals surface area contributed by atoms with Gasteiger partial charge in [-0.3, -0.25) is 4.79 Å². The van der Waals surface area contributed by atoms with Crippen molar-refractivity contribution >= 4 is 11.7 Å². The molecule has 1 rings (SSSR count). The third kappa shape index (κ3) is 2.65. The zero-order valence-electron chi connectivity index (χ0n) is 9.99. The molecule has 4 N–H and O–H groups in total. The van der Waals surface area contributed by atoms with E-state index in [9.17, 15) is 4.79 Å². The number of carbonyl (C=O) groups is 1. The maximum Gasteiger partial charge on any atom is 0.223 e. The van der Waals surface area contributed by atoms with Gasteiger partial charge in [0.15, 0.2) is 5.84 Å². The standard InChI is InChI=1S/C11H21N3O2/c1-8(2)9(15)13-11(10(12)14-16)6-4-3-5-7-11/h8,16H,3-7H2,1-2H3,(H2,12,14)(H,13,15). The summed E-state index contributed by atoms with van der Waals surface area (Å²) in [5, 5.41) is 14.8. The van der Waals surface area contributed by atoms with Crippen molar-refractivity contribution in [2.24, 2.45) is 16.8 Å². The Balaban J connectivity index is 2.82. The first-order valence-electron chi connectivity index (χ1n) is 5.82. The summed E-state index contributed by atoms with van der Waals surface area (Å²) in [6.07, 6.45) is 4.63. The molecule has 0 unspecified atom stereocenters. The first-order valence-corrected chi connectivity index (χ1v) is 5.82. The van der Waals surface area contributed by atoms with E-state index in [0.29, 0.717) is 0 Å². The van der Waals surface area contributed by atoms with Crippen LogP contribution in [-0.4, -0.2) is 22.5 Å². The monoisotopic (exact) mass is 227 g/mol. The number of oxime groups is 1. The minimum Gasteiger partial charge on any atom is -0.409 e. The third-order valence-corrected chi connectivity index (χ3v) is 3.19. The number of hydrogen-bond acceptors (Lipinski definition) is 3. The van der Waals surface area contributed by atoms with Crippen LogP contribution in [0.25, 0.3) is 0 Å². The number of nitrogens with zero attached hydrogens (tertiary/aromatic N) is 1. The zero-order chi connectivity index (χ0) is 12.2. The van der Waals surface area contributed by atoms with E-state index in [1.807, 2.05) is 13.8 Å². The van der Waals surface area contributed by atoms with Crippen LogP contribution in [0.4, 0.5) is 0 Å². The minimum atomic E-state index is -0.631. The zero-order valence-corrected chi connectivity index (χ0v) is 9.99. The molecule has 1 saturated carbocycles. The Kier molecular flexibility index (Phi) is 4.15. The Labute approximate surface area is 96.1 Å². The summed E-state index contributed by atoms with van der Waals surface area (Å²) in [6.45, 7) is 3.66. The van der Waals surface area contributed by atoms with Gasteiger partial charge in [0.25, 0.3) is 0 Å². The predicted molar refractivity (Wildman–Crippen MR) is 62.2 cm³/mol. The van der Waals surface area contributed by atoms with Crippen molar-refractivity contribution < 1.29 is 10.0 Å². The van der Waals surface area contributed by atoms with Gasteiger partial charge in [-0.2, -0.15) is 0 Å². The van der Waals surface area contributed by atoms with Crippen molar-refractivity contribution in [3.63, 3.8) is 0 Å². The van der Waals surface area contributed by atoms with E-state index < -0.39 is 5.54 Å². The minimum absolute atomic E-state index is 0.0477. The van der Waals surface area contributed by atoms with Gasteiger partial charge < -0.3 is 16.3 Å². The van der Waals surface area contributed by atoms with Gasteiger partial charge in [0.2, 0.25) is 5.91 Å². The fourth-order valence-corrected chi connectivity index (χ4v) is 2.08. The molecular formula is C11H21N3O2. The number of hydrogen-bond donors (Lipinski definition) is 3. The summed E-state index contributed by atoms with van der Waals surface area (Å²) in [6, 6.07) is 0. The van der Waals surface area contributed by atoms with Crippen LogP contribution in [0.3, 0.4) is 0 Å². The Hall–Kier alpha value is -1.26. The van der Waals surface area contributed by atoms with Crippen LogP contribution in [-0.2, 0) is 4.79 Å². The van der Waals surface area contributed by atoms with Crippen LogP contribution in [0, 0.1) is 5.92 Å². The number of rotatable bonds is 3. The normalized spacial score (nSPS) is 20.8. The molecule has 0 radical (unpaired) electrons. The van der Waals surface area contributed by atoms with Crippen LogP contribution < -0.4 is 11.1 Å². The van der Waals surface area contributed by atoms with E-state index in [1.54, 1.807) is 0 Å². The highest BCUT2D eigenvalue weighted by Crippen LogP contribution is 2.28. The van der Waals surface area contributed by atoms with Gasteiger partial charge in [-0.15, -0.1) is 0 Å². The second-order valence-electron chi connectivity index (χ2n) is 4.77. The molecule has 1 fully saturated rings. The fourth-order valence-electron chi connectivity index (χ4n) is 2.08. The van der Waals surface area contributed by atoms with Crippen molar-refractivity contribution in [1.29, 1.82) is 0 Å². The summed E-state index contributed by atoms with van der Waals surface area (Å²) in [5.74, 6) is -0.0139. The van der Waals surface area contributed by atoms with E-state index >= 15 is 0 Å². The third-order valence-electron chi connectivity index (χ3n) is 3.19. The van der Waals surface area contributed by atoms with Crippen LogP contribution in [0.15, 0.2) is 5.16 Å². The second-order valence-corrected chi connectivity index (χ2v) is 4.77. The second kappa shape index (κ2) is 5.18. The highest BCUT2D eigenvalue weighted by molar-refractivity contribution is 5.94. The molecule has 16 heavy (non-hydrogen) atoms. The lowest BCUT2D eigenvalue weighted by Gasteiger charge is -2.37. The molecule has 0 bridgehead atoms. The molecule has 0 spiro atoms. The van der Waals surface area contributed by atoms with Crippen LogP contribution in [0.2, 0.25) is 0 Å². The summed E-state index contributed by atoms with van der Waals surface area (Å²) in [7, 11) is 0. The van der Waals surface area contributed by atoms with Crippen LogP contribution in [0.1, 0.15) is 46.0 Å². The Bertz CT molecular complexity index is 281. The van der Waals surface area contributed by atoms with E-state index in [-0.39, 0.29) is 17.7 Å². The molecule has 5 heteroatoms. The Morgan fingerprint density at radius 3 is 2.38 bits per heavy atom. The van der Waals surface area contributed by atoms with E-state index in [4.69, 9.17) is 10.9 Å². The molecule has 0 aromatic rings. The van der Waals surface area contributed by atoms with Gasteiger partial charge in [0.05, 0.1) is 0 Å². The molecule has 1 amide bonds. The van der Waals surface area contributed by atoms with Crippen molar-refractivity contribution in [3.05, 3.63) is 0 Å². The van der Waals surface area contributed by atoms with Gasteiger partial charge in [-0.25, -0.2) is 0 Å². The van der Waals surface area contributed by atoms with E-state index in [0.717, 1.165) is 32.1 Å². The molecule has 0 atom stereocenters. The predicted octanol–water partition coefficient (Wildman–Crippen LogP) is 1.21. The highest BCUT2D eigenvalue weighted by Gasteiger charge is 2.38. The fraction of sp³-hybridized carbons (Fsp3) is 0.818. The van der Waals surface area contributed by atoms with Crippen molar-refractivity contribution in [1.82, 2.24) is 5.32 Å². The molecule has 0 saturated heterocycles. The smallest absolute Gasteiger partial charge is 0.223 e. The molecule has 92 valence electrons. The average molecular weight is 227 g/mol. The Morgan fingerprint density at radius 2 is 1.94 bits per heavy atom. The van der Waals surface area contributed by atoms with Crippen molar-refractivity contribution in [3.8, 4) is 0 Å². The molecule has 0 aromatic carbocycles. The molecule has 1 aliphatic carbocycles. The Morgan fingerprint density at radius 1 is 1.38 bits per heavy atom. The van der Waals surface area contributed by atoms with Gasteiger partial charge in [-0.05, 0) is 12.8 Å². The number of carbonyl (C=O) groups excluding carboxylic acids is 1. The molecule has 0 heterocycles. The first kappa shape index (κ1) is 12.8. The maximum absolute atomic E-state index is 11.7. The lowest BCUT2D eigenvalue weighted by atomic mass is 9.80. The number of nitrogens with two attached hydrogens (primary N) is 1. The summed E-state index contributed by atoms with van der Waals surface area (Å²) < 4.78 is 0. The first-order chi connectivity index (χ1) is 7.52. The number of amides is 1. The summed E-state index contributed by atoms with van der Waals surface area (Å²) in [5.41, 5.74) is 5.09. The molecular weight excluding hydrogens is 206 g/mol. The molecule has 5 nitrogen and oxygen atoms in total. The summed E-state index contributed by atoms with van der Waals surface area (Å²) in [4.78, 5) is 11.7. The molecule has 0 aromatic heterocycles. The summed E-state index contributed by atoms with van der Waals surface area (Å²) >= 11 is 0. The average Bonchev–Trinajstić information content (AvgIpc) is 2.29. The van der Waals surface area contributed by atoms with Gasteiger partial charge in [-0.1, -0.05) is 38.3 Å². The van der Waals surface area contributed by atoms with Crippen LogP contribution in [0.5, 0.6) is 0 Å². The molecule has 0 aliphatic heterocycles. The number of amidine groups is 1. The van der Waals surface area contributed by atoms with Crippen molar-refractivity contribution in [2.45, 2.75) is 51.5 Å². The van der Waals surface area contributed by atoms with Crippen LogP contribution >= 0.6 is 0 Å².